The highest BCUT2D eigenvalue weighted by molar-refractivity contribution is 14.0. The van der Waals surface area contributed by atoms with Crippen molar-refractivity contribution in [3.05, 3.63) is 0 Å². The number of piperidine rings is 1. The van der Waals surface area contributed by atoms with Crippen molar-refractivity contribution in [3.63, 3.8) is 0 Å². The van der Waals surface area contributed by atoms with Crippen molar-refractivity contribution in [3.8, 4) is 0 Å². The average molecular weight is 555 g/mol. The van der Waals surface area contributed by atoms with E-state index >= 15 is 0 Å². The summed E-state index contributed by atoms with van der Waals surface area (Å²) in [6.45, 7) is 7.43. The lowest BCUT2D eigenvalue weighted by Crippen LogP contribution is -2.52. The first-order valence-corrected chi connectivity index (χ1v) is 10.8. The number of likely N-dealkylation sites (tertiary alicyclic amines) is 1. The van der Waals surface area contributed by atoms with Crippen LogP contribution in [0.5, 0.6) is 0 Å². The van der Waals surface area contributed by atoms with Crippen molar-refractivity contribution in [2.75, 3.05) is 60.2 Å². The summed E-state index contributed by atoms with van der Waals surface area (Å²) in [5.74, 6) is 0.513. The number of nitrogens with one attached hydrogen (secondary N) is 2. The summed E-state index contributed by atoms with van der Waals surface area (Å²) in [6, 6.07) is 0.179. The van der Waals surface area contributed by atoms with E-state index in [0.29, 0.717) is 38.9 Å². The third-order valence-corrected chi connectivity index (χ3v) is 5.09. The number of ether oxygens (including phenoxy) is 3. The molecule has 0 aliphatic carbocycles. The smallest absolute Gasteiger partial charge is 0.409 e. The molecule has 0 aromatic carbocycles. The lowest BCUT2D eigenvalue weighted by Gasteiger charge is -2.33. The van der Waals surface area contributed by atoms with E-state index in [1.807, 2.05) is 6.92 Å². The lowest BCUT2D eigenvalue weighted by atomic mass is 10.1. The molecular weight excluding hydrogens is 517 g/mol. The van der Waals surface area contributed by atoms with E-state index in [9.17, 15) is 9.59 Å². The van der Waals surface area contributed by atoms with Crippen molar-refractivity contribution in [1.29, 1.82) is 0 Å². The van der Waals surface area contributed by atoms with Gasteiger partial charge in [-0.3, -0.25) is 4.79 Å². The zero-order chi connectivity index (χ0) is 21.9. The maximum absolute atomic E-state index is 12.0. The van der Waals surface area contributed by atoms with Crippen molar-refractivity contribution in [1.82, 2.24) is 20.4 Å². The van der Waals surface area contributed by atoms with E-state index in [2.05, 4.69) is 15.6 Å². The molecule has 2 fully saturated rings. The molecular formula is C20H38IN5O5. The number of likely N-dealkylation sites (N-methyl/N-ethyl adjacent to an activating group) is 1. The molecule has 2 rings (SSSR count). The van der Waals surface area contributed by atoms with E-state index in [1.54, 1.807) is 25.9 Å². The van der Waals surface area contributed by atoms with Gasteiger partial charge in [0.25, 0.3) is 0 Å². The second kappa shape index (κ2) is 14.7. The molecule has 2 atom stereocenters. The first kappa shape index (κ1) is 27.7. The maximum Gasteiger partial charge on any atom is 0.409 e. The van der Waals surface area contributed by atoms with E-state index < -0.39 is 0 Å². The van der Waals surface area contributed by atoms with Gasteiger partial charge in [-0.25, -0.2) is 9.79 Å². The van der Waals surface area contributed by atoms with Crippen LogP contribution in [0, 0.1) is 0 Å². The van der Waals surface area contributed by atoms with E-state index in [0.717, 1.165) is 25.9 Å². The predicted octanol–water partition coefficient (Wildman–Crippen LogP) is 1.04. The SMILES string of the molecule is CCOC(=O)N1CCC(NC(=NCC(=O)N(C)C)NC(C)COC2CCOC2)CC1.I. The number of hydrogen-bond acceptors (Lipinski definition) is 6. The van der Waals surface area contributed by atoms with Gasteiger partial charge in [-0.15, -0.1) is 24.0 Å². The molecule has 2 aliphatic heterocycles. The van der Waals surface area contributed by atoms with Crippen LogP contribution in [0.25, 0.3) is 0 Å². The van der Waals surface area contributed by atoms with Gasteiger partial charge in [-0.1, -0.05) is 0 Å². The number of carbonyl (C=O) groups is 2. The summed E-state index contributed by atoms with van der Waals surface area (Å²) >= 11 is 0. The number of halogens is 1. The zero-order valence-corrected chi connectivity index (χ0v) is 21.4. The number of hydrogen-bond donors (Lipinski definition) is 2. The van der Waals surface area contributed by atoms with Crippen LogP contribution in [0.15, 0.2) is 4.99 Å². The largest absolute Gasteiger partial charge is 0.450 e. The van der Waals surface area contributed by atoms with Gasteiger partial charge >= 0.3 is 6.09 Å². The van der Waals surface area contributed by atoms with Crippen LogP contribution >= 0.6 is 24.0 Å². The maximum atomic E-state index is 12.0. The van der Waals surface area contributed by atoms with Crippen LogP contribution in [0.4, 0.5) is 4.79 Å². The normalized spacial score (nSPS) is 20.6. The molecule has 0 radical (unpaired) electrons. The van der Waals surface area contributed by atoms with Crippen LogP contribution in [0.2, 0.25) is 0 Å². The van der Waals surface area contributed by atoms with Crippen LogP contribution in [-0.4, -0.2) is 106 Å². The predicted molar refractivity (Wildman–Crippen MR) is 129 cm³/mol. The Bertz CT molecular complexity index is 578. The molecule has 2 aliphatic rings. The topological polar surface area (TPSA) is 105 Å². The number of carbonyl (C=O) groups excluding carboxylic acids is 2. The Balaban J connectivity index is 0.00000480. The molecule has 0 saturated carbocycles. The van der Waals surface area contributed by atoms with Crippen LogP contribution in [0.1, 0.15) is 33.1 Å². The van der Waals surface area contributed by atoms with Gasteiger partial charge in [-0.2, -0.15) is 0 Å². The Labute approximate surface area is 202 Å². The van der Waals surface area contributed by atoms with Crippen molar-refractivity contribution >= 4 is 41.9 Å². The van der Waals surface area contributed by atoms with E-state index in [1.165, 1.54) is 4.90 Å². The fourth-order valence-corrected chi connectivity index (χ4v) is 3.24. The summed E-state index contributed by atoms with van der Waals surface area (Å²) in [4.78, 5) is 31.6. The highest BCUT2D eigenvalue weighted by Gasteiger charge is 2.25. The molecule has 0 bridgehead atoms. The standard InChI is InChI=1S/C20H37N5O5.HI/c1-5-29-20(27)25-9-6-16(7-10-25)23-19(21-12-18(26)24(3)4)22-15(2)13-30-17-8-11-28-14-17;/h15-17H,5-14H2,1-4H3,(H2,21,22,23);1H. The molecule has 180 valence electrons. The van der Waals surface area contributed by atoms with Crippen molar-refractivity contribution in [2.45, 2.75) is 51.3 Å². The third kappa shape index (κ3) is 10.2. The van der Waals surface area contributed by atoms with Gasteiger partial charge < -0.3 is 34.6 Å². The molecule has 2 amide bonds. The number of amides is 2. The van der Waals surface area contributed by atoms with Gasteiger partial charge in [0.2, 0.25) is 5.91 Å². The Morgan fingerprint density at radius 1 is 1.26 bits per heavy atom. The molecule has 0 aromatic heterocycles. The van der Waals surface area contributed by atoms with Crippen LogP contribution in [0.3, 0.4) is 0 Å². The van der Waals surface area contributed by atoms with Gasteiger partial charge in [0.1, 0.15) is 6.54 Å². The first-order chi connectivity index (χ1) is 14.4. The molecule has 11 heteroatoms. The van der Waals surface area contributed by atoms with Crippen molar-refractivity contribution in [2.24, 2.45) is 4.99 Å². The summed E-state index contributed by atoms with van der Waals surface area (Å²) in [7, 11) is 3.42. The average Bonchev–Trinajstić information content (AvgIpc) is 3.24. The van der Waals surface area contributed by atoms with Crippen molar-refractivity contribution < 1.29 is 23.8 Å². The lowest BCUT2D eigenvalue weighted by molar-refractivity contribution is -0.127. The molecule has 2 heterocycles. The molecule has 0 aromatic rings. The third-order valence-electron chi connectivity index (χ3n) is 5.09. The minimum absolute atomic E-state index is 0. The quantitative estimate of drug-likeness (QED) is 0.262. The highest BCUT2D eigenvalue weighted by Crippen LogP contribution is 2.12. The second-order valence-electron chi connectivity index (χ2n) is 7.92. The monoisotopic (exact) mass is 555 g/mol. The number of aliphatic imine (C=N–C) groups is 1. The van der Waals surface area contributed by atoms with Gasteiger partial charge in [-0.05, 0) is 33.1 Å². The highest BCUT2D eigenvalue weighted by atomic mass is 127. The summed E-state index contributed by atoms with van der Waals surface area (Å²) in [5.41, 5.74) is 0. The summed E-state index contributed by atoms with van der Waals surface area (Å²) in [5, 5.41) is 6.74. The van der Waals surface area contributed by atoms with Gasteiger partial charge in [0, 0.05) is 45.9 Å². The Morgan fingerprint density at radius 3 is 2.55 bits per heavy atom. The molecule has 2 saturated heterocycles. The Morgan fingerprint density at radius 2 is 1.97 bits per heavy atom. The Kier molecular flexibility index (Phi) is 13.1. The first-order valence-electron chi connectivity index (χ1n) is 10.8. The van der Waals surface area contributed by atoms with E-state index in [4.69, 9.17) is 14.2 Å². The van der Waals surface area contributed by atoms with Gasteiger partial charge in [0.15, 0.2) is 5.96 Å². The van der Waals surface area contributed by atoms with Crippen LogP contribution in [-0.2, 0) is 19.0 Å². The molecule has 31 heavy (non-hydrogen) atoms. The minimum atomic E-state index is -0.263. The van der Waals surface area contributed by atoms with Crippen LogP contribution < -0.4 is 10.6 Å². The summed E-state index contributed by atoms with van der Waals surface area (Å²) < 4.78 is 16.3. The van der Waals surface area contributed by atoms with E-state index in [-0.39, 0.29) is 60.7 Å². The fraction of sp³-hybridized carbons (Fsp3) is 0.850. The number of nitrogens with zero attached hydrogens (tertiary/aromatic N) is 3. The Hall–Kier alpha value is -1.34. The minimum Gasteiger partial charge on any atom is -0.450 e. The number of guanidine groups is 1. The molecule has 2 unspecified atom stereocenters. The number of rotatable bonds is 8. The second-order valence-corrected chi connectivity index (χ2v) is 7.92. The molecule has 2 N–H and O–H groups in total. The molecule has 10 nitrogen and oxygen atoms in total. The fourth-order valence-electron chi connectivity index (χ4n) is 3.24. The summed E-state index contributed by atoms with van der Waals surface area (Å²) in [6.07, 6.45) is 2.37. The zero-order valence-electron chi connectivity index (χ0n) is 19.1. The molecule has 0 spiro atoms. The van der Waals surface area contributed by atoms with Gasteiger partial charge in [0.05, 0.1) is 25.9 Å².